The molecule has 140 valence electrons. The fourth-order valence-electron chi connectivity index (χ4n) is 1.89. The van der Waals surface area contributed by atoms with Crippen LogP contribution in [0.2, 0.25) is 0 Å². The summed E-state index contributed by atoms with van der Waals surface area (Å²) in [4.78, 5) is 34.6. The van der Waals surface area contributed by atoms with E-state index in [4.69, 9.17) is 9.47 Å². The van der Waals surface area contributed by atoms with E-state index in [2.05, 4.69) is 22.9 Å². The Labute approximate surface area is 144 Å². The zero-order valence-electron chi connectivity index (χ0n) is 15.0. The minimum absolute atomic E-state index is 0.0636. The Kier molecular flexibility index (Phi) is 13.4. The molecule has 0 fully saturated rings. The number of nitrogens with one attached hydrogen (secondary N) is 3. The van der Waals surface area contributed by atoms with Gasteiger partial charge in [-0.2, -0.15) is 0 Å². The molecule has 0 bridgehead atoms. The van der Waals surface area contributed by atoms with Gasteiger partial charge in [0.15, 0.2) is 0 Å². The van der Waals surface area contributed by atoms with Crippen LogP contribution < -0.4 is 16.0 Å². The molecule has 0 aliphatic carbocycles. The molecule has 0 heterocycles. The molecule has 0 aromatic rings. The Morgan fingerprint density at radius 1 is 0.833 bits per heavy atom. The first-order valence-electron chi connectivity index (χ1n) is 8.64. The third-order valence-corrected chi connectivity index (χ3v) is 3.10. The van der Waals surface area contributed by atoms with E-state index >= 15 is 0 Å². The Balaban J connectivity index is 4.30. The van der Waals surface area contributed by atoms with Crippen molar-refractivity contribution in [3.05, 3.63) is 0 Å². The Bertz CT molecular complexity index is 355. The molecule has 3 N–H and O–H groups in total. The van der Waals surface area contributed by atoms with Crippen LogP contribution in [0.15, 0.2) is 0 Å². The number of ether oxygens (including phenoxy) is 2. The van der Waals surface area contributed by atoms with Crippen molar-refractivity contribution in [3.63, 3.8) is 0 Å². The molecular formula is C16H31N3O5. The van der Waals surface area contributed by atoms with Crippen LogP contribution in [-0.4, -0.2) is 50.4 Å². The molecule has 0 aromatic carbocycles. The number of hydrogen-bond acceptors (Lipinski definition) is 5. The SMILES string of the molecule is CCCCCCC(=O)NC(COC(=O)NCC)COC(=O)NCC. The Morgan fingerprint density at radius 3 is 1.83 bits per heavy atom. The Morgan fingerprint density at radius 2 is 1.38 bits per heavy atom. The first kappa shape index (κ1) is 22.0. The largest absolute Gasteiger partial charge is 0.447 e. The van der Waals surface area contributed by atoms with Gasteiger partial charge in [0.05, 0.1) is 6.04 Å². The number of hydrogen-bond donors (Lipinski definition) is 3. The summed E-state index contributed by atoms with van der Waals surface area (Å²) in [5.74, 6) is -0.143. The minimum atomic E-state index is -0.575. The highest BCUT2D eigenvalue weighted by Gasteiger charge is 2.17. The maximum absolute atomic E-state index is 11.9. The third-order valence-electron chi connectivity index (χ3n) is 3.10. The summed E-state index contributed by atoms with van der Waals surface area (Å²) in [5, 5.41) is 7.73. The lowest BCUT2D eigenvalue weighted by molar-refractivity contribution is -0.122. The summed E-state index contributed by atoms with van der Waals surface area (Å²) in [6.07, 6.45) is 3.26. The van der Waals surface area contributed by atoms with Crippen molar-refractivity contribution in [2.75, 3.05) is 26.3 Å². The molecule has 8 heteroatoms. The molecular weight excluding hydrogens is 314 g/mol. The van der Waals surface area contributed by atoms with E-state index in [1.54, 1.807) is 13.8 Å². The molecule has 0 saturated heterocycles. The molecule has 0 aliphatic heterocycles. The molecule has 8 nitrogen and oxygen atoms in total. The summed E-state index contributed by atoms with van der Waals surface area (Å²) < 4.78 is 10.0. The molecule has 0 spiro atoms. The molecule has 0 aliphatic rings. The van der Waals surface area contributed by atoms with Gasteiger partial charge in [-0.1, -0.05) is 26.2 Å². The van der Waals surface area contributed by atoms with Gasteiger partial charge in [-0.05, 0) is 20.3 Å². The van der Waals surface area contributed by atoms with Gasteiger partial charge in [0.2, 0.25) is 5.91 Å². The van der Waals surface area contributed by atoms with Crippen LogP contribution >= 0.6 is 0 Å². The number of rotatable bonds is 12. The highest BCUT2D eigenvalue weighted by atomic mass is 16.6. The van der Waals surface area contributed by atoms with Crippen molar-refractivity contribution in [1.82, 2.24) is 16.0 Å². The third kappa shape index (κ3) is 12.5. The van der Waals surface area contributed by atoms with E-state index < -0.39 is 18.2 Å². The maximum Gasteiger partial charge on any atom is 0.407 e. The van der Waals surface area contributed by atoms with Gasteiger partial charge in [0.1, 0.15) is 13.2 Å². The quantitative estimate of drug-likeness (QED) is 0.469. The number of carbonyl (C=O) groups is 3. The van der Waals surface area contributed by atoms with Crippen LogP contribution in [0, 0.1) is 0 Å². The molecule has 24 heavy (non-hydrogen) atoms. The second kappa shape index (κ2) is 14.6. The maximum atomic E-state index is 11.9. The summed E-state index contributed by atoms with van der Waals surface area (Å²) >= 11 is 0. The lowest BCUT2D eigenvalue weighted by Gasteiger charge is -2.19. The van der Waals surface area contributed by atoms with E-state index in [-0.39, 0.29) is 19.1 Å². The molecule has 0 atom stereocenters. The highest BCUT2D eigenvalue weighted by Crippen LogP contribution is 2.02. The fraction of sp³-hybridized carbons (Fsp3) is 0.812. The van der Waals surface area contributed by atoms with Gasteiger partial charge in [-0.3, -0.25) is 4.79 Å². The van der Waals surface area contributed by atoms with E-state index in [0.717, 1.165) is 25.7 Å². The van der Waals surface area contributed by atoms with E-state index in [9.17, 15) is 14.4 Å². The summed E-state index contributed by atoms with van der Waals surface area (Å²) in [5.41, 5.74) is 0. The van der Waals surface area contributed by atoms with Gasteiger partial charge in [-0.25, -0.2) is 9.59 Å². The highest BCUT2D eigenvalue weighted by molar-refractivity contribution is 5.76. The summed E-state index contributed by atoms with van der Waals surface area (Å²) in [6.45, 7) is 6.42. The smallest absolute Gasteiger partial charge is 0.407 e. The monoisotopic (exact) mass is 345 g/mol. The first-order valence-corrected chi connectivity index (χ1v) is 8.64. The van der Waals surface area contributed by atoms with Crippen molar-refractivity contribution in [3.8, 4) is 0 Å². The molecule has 0 saturated carbocycles. The molecule has 0 unspecified atom stereocenters. The van der Waals surface area contributed by atoms with Crippen LogP contribution in [0.4, 0.5) is 9.59 Å². The second-order valence-corrected chi connectivity index (χ2v) is 5.33. The normalized spacial score (nSPS) is 10.2. The summed E-state index contributed by atoms with van der Waals surface area (Å²) in [6, 6.07) is -0.575. The zero-order valence-corrected chi connectivity index (χ0v) is 15.0. The van der Waals surface area contributed by atoms with E-state index in [1.807, 2.05) is 0 Å². The average molecular weight is 345 g/mol. The lowest BCUT2D eigenvalue weighted by Crippen LogP contribution is -2.44. The molecule has 0 aromatic heterocycles. The molecule has 0 radical (unpaired) electrons. The number of amides is 3. The Hall–Kier alpha value is -1.99. The van der Waals surface area contributed by atoms with Crippen molar-refractivity contribution in [2.24, 2.45) is 0 Å². The van der Waals surface area contributed by atoms with Gasteiger partial charge in [-0.15, -0.1) is 0 Å². The standard InChI is InChI=1S/C16H31N3O5/c1-4-7-8-9-10-14(20)19-13(11-23-15(21)17-5-2)12-24-16(22)18-6-3/h13H,4-12H2,1-3H3,(H,17,21)(H,18,22)(H,19,20). The van der Waals surface area contributed by atoms with Crippen LogP contribution in [0.25, 0.3) is 0 Å². The van der Waals surface area contributed by atoms with Gasteiger partial charge >= 0.3 is 12.2 Å². The predicted molar refractivity (Wildman–Crippen MR) is 90.7 cm³/mol. The summed E-state index contributed by atoms with van der Waals surface area (Å²) in [7, 11) is 0. The molecule has 0 rings (SSSR count). The average Bonchev–Trinajstić information content (AvgIpc) is 2.54. The second-order valence-electron chi connectivity index (χ2n) is 5.33. The number of unbranched alkanes of at least 4 members (excludes halogenated alkanes) is 3. The minimum Gasteiger partial charge on any atom is -0.447 e. The molecule has 3 amide bonds. The van der Waals surface area contributed by atoms with Crippen LogP contribution in [-0.2, 0) is 14.3 Å². The van der Waals surface area contributed by atoms with Crippen molar-refractivity contribution < 1.29 is 23.9 Å². The van der Waals surface area contributed by atoms with Crippen LogP contribution in [0.3, 0.4) is 0 Å². The van der Waals surface area contributed by atoms with Crippen molar-refractivity contribution in [2.45, 2.75) is 58.9 Å². The predicted octanol–water partition coefficient (Wildman–Crippen LogP) is 1.93. The van der Waals surface area contributed by atoms with E-state index in [1.165, 1.54) is 0 Å². The van der Waals surface area contributed by atoms with Gasteiger partial charge in [0.25, 0.3) is 0 Å². The van der Waals surface area contributed by atoms with Crippen LogP contribution in [0.5, 0.6) is 0 Å². The topological polar surface area (TPSA) is 106 Å². The van der Waals surface area contributed by atoms with Crippen molar-refractivity contribution in [1.29, 1.82) is 0 Å². The van der Waals surface area contributed by atoms with Crippen molar-refractivity contribution >= 4 is 18.1 Å². The van der Waals surface area contributed by atoms with E-state index in [0.29, 0.717) is 19.5 Å². The van der Waals surface area contributed by atoms with Crippen LogP contribution in [0.1, 0.15) is 52.9 Å². The number of alkyl carbamates (subject to hydrolysis) is 2. The lowest BCUT2D eigenvalue weighted by atomic mass is 10.1. The fourth-order valence-corrected chi connectivity index (χ4v) is 1.89. The number of carbonyl (C=O) groups excluding carboxylic acids is 3. The van der Waals surface area contributed by atoms with Gasteiger partial charge in [0, 0.05) is 19.5 Å². The first-order chi connectivity index (χ1) is 11.5. The zero-order chi connectivity index (χ0) is 18.2. The van der Waals surface area contributed by atoms with Gasteiger partial charge < -0.3 is 25.4 Å².